The number of hydrogen-bond acceptors (Lipinski definition) is 2. The van der Waals surface area contributed by atoms with E-state index in [9.17, 15) is 4.79 Å². The van der Waals surface area contributed by atoms with Crippen LogP contribution in [0.4, 0.5) is 0 Å². The highest BCUT2D eigenvalue weighted by Crippen LogP contribution is 2.30. The van der Waals surface area contributed by atoms with Crippen molar-refractivity contribution < 1.29 is 9.90 Å². The number of piperidine rings is 1. The van der Waals surface area contributed by atoms with Crippen LogP contribution in [0.2, 0.25) is 0 Å². The van der Waals surface area contributed by atoms with E-state index < -0.39 is 5.97 Å². The number of carbonyl (C=O) groups is 1. The zero-order valence-electron chi connectivity index (χ0n) is 13.1. The van der Waals surface area contributed by atoms with Crippen LogP contribution in [0.5, 0.6) is 0 Å². The fourth-order valence-electron chi connectivity index (χ4n) is 3.57. The molecule has 0 radical (unpaired) electrons. The summed E-state index contributed by atoms with van der Waals surface area (Å²) in [6.45, 7) is 3.47. The average Bonchev–Trinajstić information content (AvgIpc) is 2.56. The van der Waals surface area contributed by atoms with E-state index in [2.05, 4.69) is 35.2 Å². The number of nitrogens with zero attached hydrogens (tertiary/aromatic N) is 1. The monoisotopic (exact) mass is 299 g/mol. The van der Waals surface area contributed by atoms with E-state index in [1.807, 2.05) is 0 Å². The van der Waals surface area contributed by atoms with Crippen molar-refractivity contribution in [2.24, 2.45) is 5.92 Å². The van der Waals surface area contributed by atoms with Crippen molar-refractivity contribution >= 4 is 11.5 Å². The first-order chi connectivity index (χ1) is 10.7. The second-order valence-electron chi connectivity index (χ2n) is 6.58. The molecule has 0 amide bonds. The average molecular weight is 299 g/mol. The van der Waals surface area contributed by atoms with Gasteiger partial charge in [0.25, 0.3) is 0 Å². The number of likely N-dealkylation sites (tertiary alicyclic amines) is 1. The molecule has 1 fully saturated rings. The maximum atomic E-state index is 11.0. The highest BCUT2D eigenvalue weighted by atomic mass is 16.4. The second-order valence-corrected chi connectivity index (χ2v) is 6.58. The zero-order valence-corrected chi connectivity index (χ0v) is 13.1. The molecule has 3 rings (SSSR count). The van der Waals surface area contributed by atoms with Crippen molar-refractivity contribution in [2.75, 3.05) is 13.1 Å². The standard InChI is InChI=1S/C19H25NO2/c21-19(22)17-9-7-16(8-10-17)18-6-4-5-15(13-18)14-20-11-2-1-3-12-20/h4-7,13,17H,1-3,8-12,14H2,(H,21,22). The van der Waals surface area contributed by atoms with Crippen LogP contribution in [0.15, 0.2) is 30.3 Å². The maximum Gasteiger partial charge on any atom is 0.306 e. The van der Waals surface area contributed by atoms with Gasteiger partial charge in [-0.1, -0.05) is 36.8 Å². The molecular formula is C19H25NO2. The van der Waals surface area contributed by atoms with Gasteiger partial charge in [0.15, 0.2) is 0 Å². The molecule has 1 aliphatic heterocycles. The molecule has 1 atom stereocenters. The van der Waals surface area contributed by atoms with Crippen LogP contribution in [0.1, 0.15) is 49.7 Å². The van der Waals surface area contributed by atoms with Gasteiger partial charge in [-0.15, -0.1) is 0 Å². The summed E-state index contributed by atoms with van der Waals surface area (Å²) in [5.74, 6) is -0.852. The summed E-state index contributed by atoms with van der Waals surface area (Å²) in [5, 5.41) is 9.09. The second kappa shape index (κ2) is 7.10. The van der Waals surface area contributed by atoms with Gasteiger partial charge in [0.2, 0.25) is 0 Å². The zero-order chi connectivity index (χ0) is 15.4. The summed E-state index contributed by atoms with van der Waals surface area (Å²) in [6.07, 6.45) is 8.45. The first kappa shape index (κ1) is 15.3. The van der Waals surface area contributed by atoms with Crippen molar-refractivity contribution in [3.63, 3.8) is 0 Å². The number of benzene rings is 1. The van der Waals surface area contributed by atoms with Crippen molar-refractivity contribution in [1.82, 2.24) is 4.90 Å². The summed E-state index contributed by atoms with van der Waals surface area (Å²) in [4.78, 5) is 13.6. The molecule has 22 heavy (non-hydrogen) atoms. The highest BCUT2D eigenvalue weighted by Gasteiger charge is 2.21. The summed E-state index contributed by atoms with van der Waals surface area (Å²) < 4.78 is 0. The minimum Gasteiger partial charge on any atom is -0.481 e. The molecule has 0 aromatic heterocycles. The first-order valence-corrected chi connectivity index (χ1v) is 8.46. The Hall–Kier alpha value is -1.61. The number of rotatable bonds is 4. The number of hydrogen-bond donors (Lipinski definition) is 1. The topological polar surface area (TPSA) is 40.5 Å². The molecule has 0 spiro atoms. The van der Waals surface area contributed by atoms with Gasteiger partial charge in [0.1, 0.15) is 0 Å². The van der Waals surface area contributed by atoms with Crippen LogP contribution < -0.4 is 0 Å². The molecule has 2 aliphatic rings. The molecule has 1 heterocycles. The Morgan fingerprint density at radius 3 is 2.73 bits per heavy atom. The Kier molecular flexibility index (Phi) is 4.94. The smallest absolute Gasteiger partial charge is 0.306 e. The molecule has 1 aliphatic carbocycles. The van der Waals surface area contributed by atoms with E-state index in [1.54, 1.807) is 0 Å². The minimum atomic E-state index is -0.658. The maximum absolute atomic E-state index is 11.0. The van der Waals surface area contributed by atoms with Crippen molar-refractivity contribution in [1.29, 1.82) is 0 Å². The fraction of sp³-hybridized carbons (Fsp3) is 0.526. The molecule has 0 bridgehead atoms. The van der Waals surface area contributed by atoms with Crippen molar-refractivity contribution in [2.45, 2.75) is 45.1 Å². The van der Waals surface area contributed by atoms with Gasteiger partial charge in [0, 0.05) is 6.54 Å². The lowest BCUT2D eigenvalue weighted by Gasteiger charge is -2.26. The van der Waals surface area contributed by atoms with E-state index in [-0.39, 0.29) is 5.92 Å². The summed E-state index contributed by atoms with van der Waals surface area (Å²) in [5.41, 5.74) is 3.97. The van der Waals surface area contributed by atoms with Gasteiger partial charge in [-0.2, -0.15) is 0 Å². The van der Waals surface area contributed by atoms with Crippen molar-refractivity contribution in [3.8, 4) is 0 Å². The third kappa shape index (κ3) is 3.77. The SMILES string of the molecule is O=C(O)C1CC=C(c2cccc(CN3CCCCC3)c2)CC1. The van der Waals surface area contributed by atoms with Gasteiger partial charge in [0.05, 0.1) is 5.92 Å². The lowest BCUT2D eigenvalue weighted by atomic mass is 9.86. The predicted octanol–water partition coefficient (Wildman–Crippen LogP) is 3.94. The van der Waals surface area contributed by atoms with Crippen LogP contribution in [0.25, 0.3) is 5.57 Å². The molecule has 3 nitrogen and oxygen atoms in total. The molecule has 118 valence electrons. The predicted molar refractivity (Wildman–Crippen MR) is 88.5 cm³/mol. The third-order valence-corrected chi connectivity index (χ3v) is 4.91. The van der Waals surface area contributed by atoms with E-state index in [4.69, 9.17) is 5.11 Å². The number of allylic oxidation sites excluding steroid dienone is 2. The van der Waals surface area contributed by atoms with Crippen LogP contribution >= 0.6 is 0 Å². The third-order valence-electron chi connectivity index (χ3n) is 4.91. The molecular weight excluding hydrogens is 274 g/mol. The fourth-order valence-corrected chi connectivity index (χ4v) is 3.57. The molecule has 1 aromatic rings. The largest absolute Gasteiger partial charge is 0.481 e. The normalized spacial score (nSPS) is 23.1. The molecule has 1 N–H and O–H groups in total. The van der Waals surface area contributed by atoms with E-state index in [0.717, 1.165) is 19.4 Å². The van der Waals surface area contributed by atoms with Gasteiger partial charge < -0.3 is 5.11 Å². The summed E-state index contributed by atoms with van der Waals surface area (Å²) >= 11 is 0. The van der Waals surface area contributed by atoms with E-state index >= 15 is 0 Å². The van der Waals surface area contributed by atoms with Crippen LogP contribution in [0.3, 0.4) is 0 Å². The lowest BCUT2D eigenvalue weighted by Crippen LogP contribution is -2.29. The quantitative estimate of drug-likeness (QED) is 0.915. The minimum absolute atomic E-state index is 0.194. The van der Waals surface area contributed by atoms with E-state index in [1.165, 1.54) is 49.1 Å². The Labute approximate surface area is 132 Å². The van der Waals surface area contributed by atoms with Gasteiger partial charge in [-0.05, 0) is 61.9 Å². The summed E-state index contributed by atoms with van der Waals surface area (Å²) in [7, 11) is 0. The first-order valence-electron chi connectivity index (χ1n) is 8.46. The van der Waals surface area contributed by atoms with E-state index in [0.29, 0.717) is 6.42 Å². The molecule has 1 saturated heterocycles. The highest BCUT2D eigenvalue weighted by molar-refractivity contribution is 5.74. The van der Waals surface area contributed by atoms with Gasteiger partial charge in [-0.3, -0.25) is 9.69 Å². The van der Waals surface area contributed by atoms with Crippen LogP contribution in [-0.2, 0) is 11.3 Å². The van der Waals surface area contributed by atoms with Crippen molar-refractivity contribution in [3.05, 3.63) is 41.5 Å². The Bertz CT molecular complexity index is 558. The Morgan fingerprint density at radius 2 is 2.05 bits per heavy atom. The molecule has 1 unspecified atom stereocenters. The molecule has 3 heteroatoms. The number of aliphatic carboxylic acids is 1. The van der Waals surface area contributed by atoms with Crippen LogP contribution in [0, 0.1) is 5.92 Å². The molecule has 1 aromatic carbocycles. The molecule has 0 saturated carbocycles. The number of carboxylic acid groups (broad SMARTS) is 1. The van der Waals surface area contributed by atoms with Crippen LogP contribution in [-0.4, -0.2) is 29.1 Å². The Balaban J connectivity index is 1.67. The lowest BCUT2D eigenvalue weighted by molar-refractivity contribution is -0.141. The van der Waals surface area contributed by atoms with Gasteiger partial charge >= 0.3 is 5.97 Å². The summed E-state index contributed by atoms with van der Waals surface area (Å²) in [6, 6.07) is 8.80. The van der Waals surface area contributed by atoms with Gasteiger partial charge in [-0.25, -0.2) is 0 Å². The Morgan fingerprint density at radius 1 is 1.23 bits per heavy atom. The number of carboxylic acids is 1.